The quantitative estimate of drug-likeness (QED) is 0.825. The number of hydrogen-bond acceptors (Lipinski definition) is 4. The van der Waals surface area contributed by atoms with Crippen molar-refractivity contribution in [3.8, 4) is 0 Å². The van der Waals surface area contributed by atoms with Gasteiger partial charge in [-0.3, -0.25) is 4.79 Å². The molecule has 0 saturated carbocycles. The van der Waals surface area contributed by atoms with Crippen LogP contribution in [0.3, 0.4) is 0 Å². The Labute approximate surface area is 141 Å². The number of nitrogens with zero attached hydrogens (tertiary/aromatic N) is 1. The number of rotatable bonds is 6. The smallest absolute Gasteiger partial charge is 0.230 e. The molecule has 1 fully saturated rings. The van der Waals surface area contributed by atoms with Gasteiger partial charge in [-0.1, -0.05) is 18.2 Å². The zero-order valence-electron chi connectivity index (χ0n) is 13.3. The predicted molar refractivity (Wildman–Crippen MR) is 93.9 cm³/mol. The van der Waals surface area contributed by atoms with E-state index in [-0.39, 0.29) is 5.91 Å². The number of carbonyl (C=O) groups excluding carboxylic acids is 1. The van der Waals surface area contributed by atoms with Crippen LogP contribution in [0.4, 0.5) is 5.69 Å². The van der Waals surface area contributed by atoms with Crippen molar-refractivity contribution in [3.05, 3.63) is 48.4 Å². The third kappa shape index (κ3) is 4.32. The van der Waals surface area contributed by atoms with Crippen LogP contribution < -0.4 is 10.2 Å². The van der Waals surface area contributed by atoms with E-state index in [2.05, 4.69) is 34.5 Å². The van der Waals surface area contributed by atoms with E-state index in [1.807, 2.05) is 19.1 Å². The third-order valence-corrected chi connectivity index (χ3v) is 5.31. The molecule has 5 heteroatoms. The number of hydrogen-bond donors (Lipinski definition) is 1. The summed E-state index contributed by atoms with van der Waals surface area (Å²) in [6.45, 7) is 4.75. The molecule has 1 atom stereocenters. The third-order valence-electron chi connectivity index (χ3n) is 4.17. The first kappa shape index (κ1) is 16.0. The molecule has 1 aromatic heterocycles. The van der Waals surface area contributed by atoms with Crippen molar-refractivity contribution >= 4 is 23.4 Å². The van der Waals surface area contributed by atoms with Gasteiger partial charge < -0.3 is 14.6 Å². The molecule has 0 radical (unpaired) electrons. The Hall–Kier alpha value is -1.88. The number of carbonyl (C=O) groups is 1. The van der Waals surface area contributed by atoms with E-state index in [0.717, 1.165) is 36.7 Å². The molecule has 1 aromatic carbocycles. The van der Waals surface area contributed by atoms with Gasteiger partial charge in [0, 0.05) is 30.2 Å². The fourth-order valence-corrected chi connectivity index (χ4v) is 3.64. The number of furan rings is 1. The average Bonchev–Trinajstić information content (AvgIpc) is 3.21. The maximum Gasteiger partial charge on any atom is 0.230 e. The van der Waals surface area contributed by atoms with Crippen LogP contribution in [0.5, 0.6) is 0 Å². The number of anilines is 1. The van der Waals surface area contributed by atoms with Crippen molar-refractivity contribution in [2.75, 3.05) is 30.3 Å². The Balaban J connectivity index is 1.39. The van der Waals surface area contributed by atoms with Gasteiger partial charge in [-0.25, -0.2) is 0 Å². The van der Waals surface area contributed by atoms with Gasteiger partial charge in [-0.05, 0) is 37.5 Å². The molecule has 3 rings (SSSR count). The Morgan fingerprint density at radius 1 is 1.35 bits per heavy atom. The number of thioether (sulfide) groups is 1. The largest absolute Gasteiger partial charge is 0.468 e. The molecule has 1 amide bonds. The summed E-state index contributed by atoms with van der Waals surface area (Å²) in [5.74, 6) is 1.93. The highest BCUT2D eigenvalue weighted by molar-refractivity contribution is 8.00. The highest BCUT2D eigenvalue weighted by atomic mass is 32.2. The van der Waals surface area contributed by atoms with Gasteiger partial charge in [0.05, 0.1) is 12.0 Å². The summed E-state index contributed by atoms with van der Waals surface area (Å²) in [6.07, 6.45) is 2.79. The summed E-state index contributed by atoms with van der Waals surface area (Å²) in [7, 11) is 0. The van der Waals surface area contributed by atoms with E-state index in [1.54, 1.807) is 6.26 Å². The van der Waals surface area contributed by atoms with Gasteiger partial charge in [-0.15, -0.1) is 11.8 Å². The molecule has 0 aliphatic carbocycles. The SMILES string of the molecule is Cc1occc1SCC(=O)NC[C@H]1CCN(c2ccccc2)C1. The zero-order valence-corrected chi connectivity index (χ0v) is 14.1. The lowest BCUT2D eigenvalue weighted by atomic mass is 10.1. The lowest BCUT2D eigenvalue weighted by Gasteiger charge is -2.18. The second-order valence-corrected chi connectivity index (χ2v) is 6.89. The summed E-state index contributed by atoms with van der Waals surface area (Å²) in [5, 5.41) is 3.06. The Bertz CT molecular complexity index is 641. The molecular weight excluding hydrogens is 308 g/mol. The number of amides is 1. The Morgan fingerprint density at radius 3 is 2.91 bits per heavy atom. The normalized spacial score (nSPS) is 17.4. The lowest BCUT2D eigenvalue weighted by molar-refractivity contribution is -0.118. The van der Waals surface area contributed by atoms with Gasteiger partial charge in [0.15, 0.2) is 0 Å². The van der Waals surface area contributed by atoms with Crippen LogP contribution in [-0.2, 0) is 4.79 Å². The summed E-state index contributed by atoms with van der Waals surface area (Å²) < 4.78 is 5.23. The highest BCUT2D eigenvalue weighted by Gasteiger charge is 2.22. The molecule has 1 N–H and O–H groups in total. The Morgan fingerprint density at radius 2 is 2.17 bits per heavy atom. The van der Waals surface area contributed by atoms with Gasteiger partial charge in [0.25, 0.3) is 0 Å². The first-order valence-corrected chi connectivity index (χ1v) is 8.94. The highest BCUT2D eigenvalue weighted by Crippen LogP contribution is 2.24. The van der Waals surface area contributed by atoms with Gasteiger partial charge >= 0.3 is 0 Å². The minimum absolute atomic E-state index is 0.0914. The fraction of sp³-hybridized carbons (Fsp3) is 0.389. The summed E-state index contributed by atoms with van der Waals surface area (Å²) in [5.41, 5.74) is 1.27. The van der Waals surface area contributed by atoms with E-state index in [0.29, 0.717) is 11.7 Å². The predicted octanol–water partition coefficient (Wildman–Crippen LogP) is 3.32. The first-order valence-electron chi connectivity index (χ1n) is 7.96. The van der Waals surface area contributed by atoms with Crippen molar-refractivity contribution in [3.63, 3.8) is 0 Å². The average molecular weight is 330 g/mol. The van der Waals surface area contributed by atoms with Crippen molar-refractivity contribution in [2.24, 2.45) is 5.92 Å². The first-order chi connectivity index (χ1) is 11.2. The van der Waals surface area contributed by atoms with Crippen molar-refractivity contribution < 1.29 is 9.21 Å². The van der Waals surface area contributed by atoms with Gasteiger partial charge in [0.2, 0.25) is 5.91 Å². The number of benzene rings is 1. The minimum atomic E-state index is 0.0914. The van der Waals surface area contributed by atoms with Crippen molar-refractivity contribution in [1.29, 1.82) is 0 Å². The molecule has 0 spiro atoms. The molecule has 2 aromatic rings. The molecule has 23 heavy (non-hydrogen) atoms. The van der Waals surface area contributed by atoms with Gasteiger partial charge in [0.1, 0.15) is 5.76 Å². The molecule has 1 saturated heterocycles. The molecule has 0 bridgehead atoms. The number of nitrogens with one attached hydrogen (secondary N) is 1. The van der Waals surface area contributed by atoms with Crippen LogP contribution in [0.1, 0.15) is 12.2 Å². The van der Waals surface area contributed by atoms with Crippen LogP contribution in [-0.4, -0.2) is 31.3 Å². The monoisotopic (exact) mass is 330 g/mol. The molecule has 1 aliphatic rings. The van der Waals surface area contributed by atoms with E-state index >= 15 is 0 Å². The van der Waals surface area contributed by atoms with Crippen molar-refractivity contribution in [2.45, 2.75) is 18.2 Å². The molecule has 0 unspecified atom stereocenters. The number of aryl methyl sites for hydroxylation is 1. The topological polar surface area (TPSA) is 45.5 Å². The lowest BCUT2D eigenvalue weighted by Crippen LogP contribution is -2.32. The van der Waals surface area contributed by atoms with E-state index in [4.69, 9.17) is 4.42 Å². The second-order valence-electron chi connectivity index (χ2n) is 5.87. The minimum Gasteiger partial charge on any atom is -0.468 e. The maximum atomic E-state index is 12.0. The van der Waals surface area contributed by atoms with Crippen LogP contribution in [0, 0.1) is 12.8 Å². The van der Waals surface area contributed by atoms with E-state index < -0.39 is 0 Å². The van der Waals surface area contributed by atoms with Crippen LogP contribution >= 0.6 is 11.8 Å². The van der Waals surface area contributed by atoms with Crippen LogP contribution in [0.2, 0.25) is 0 Å². The van der Waals surface area contributed by atoms with Gasteiger partial charge in [-0.2, -0.15) is 0 Å². The molecule has 1 aliphatic heterocycles. The second kappa shape index (κ2) is 7.59. The van der Waals surface area contributed by atoms with E-state index in [1.165, 1.54) is 17.4 Å². The maximum absolute atomic E-state index is 12.0. The summed E-state index contributed by atoms with van der Waals surface area (Å²) in [4.78, 5) is 15.4. The molecule has 2 heterocycles. The van der Waals surface area contributed by atoms with Crippen molar-refractivity contribution in [1.82, 2.24) is 5.32 Å². The standard InChI is InChI=1S/C18H22N2O2S/c1-14-17(8-10-22-14)23-13-18(21)19-11-15-7-9-20(12-15)16-5-3-2-4-6-16/h2-6,8,10,15H,7,9,11-13H2,1H3,(H,19,21)/t15-/m1/s1. The molecule has 4 nitrogen and oxygen atoms in total. The molecule has 122 valence electrons. The summed E-state index contributed by atoms with van der Waals surface area (Å²) >= 11 is 1.53. The van der Waals surface area contributed by atoms with Crippen LogP contribution in [0.15, 0.2) is 52.0 Å². The summed E-state index contributed by atoms with van der Waals surface area (Å²) in [6, 6.07) is 12.4. The molecular formula is C18H22N2O2S. The zero-order chi connectivity index (χ0) is 16.1. The van der Waals surface area contributed by atoms with E-state index in [9.17, 15) is 4.79 Å². The Kier molecular flexibility index (Phi) is 5.28. The number of para-hydroxylation sites is 1. The van der Waals surface area contributed by atoms with Crippen LogP contribution in [0.25, 0.3) is 0 Å². The fourth-order valence-electron chi connectivity index (χ4n) is 2.85.